The van der Waals surface area contributed by atoms with E-state index in [1.807, 2.05) is 0 Å². The van der Waals surface area contributed by atoms with Crippen LogP contribution in [0, 0.1) is 0 Å². The van der Waals surface area contributed by atoms with Gasteiger partial charge in [0, 0.05) is 6.42 Å². The van der Waals surface area contributed by atoms with E-state index in [9.17, 15) is 5.11 Å². The lowest BCUT2D eigenvalue weighted by Crippen LogP contribution is -2.21. The summed E-state index contributed by atoms with van der Waals surface area (Å²) < 4.78 is 0. The quantitative estimate of drug-likeness (QED) is 0.595. The fourth-order valence-corrected chi connectivity index (χ4v) is 1.13. The highest BCUT2D eigenvalue weighted by Gasteiger charge is 2.35. The van der Waals surface area contributed by atoms with Crippen LogP contribution in [0.1, 0.15) is 33.1 Å². The van der Waals surface area contributed by atoms with Crippen LogP contribution in [-0.2, 0) is 9.78 Å². The Bertz CT molecular complexity index is 111. The van der Waals surface area contributed by atoms with E-state index in [4.69, 9.17) is 4.89 Å². The van der Waals surface area contributed by atoms with Crippen LogP contribution in [0.5, 0.6) is 0 Å². The molecule has 1 N–H and O–H groups in total. The van der Waals surface area contributed by atoms with Gasteiger partial charge in [-0.05, 0) is 13.3 Å². The third kappa shape index (κ3) is 1.94. The first-order valence-electron chi connectivity index (χ1n) is 3.71. The summed E-state index contributed by atoms with van der Waals surface area (Å²) in [6.45, 7) is 3.69. The summed E-state index contributed by atoms with van der Waals surface area (Å²) in [7, 11) is 0. The molecule has 0 saturated carbocycles. The smallest absolute Gasteiger partial charge is 0.198 e. The second kappa shape index (κ2) is 2.86. The van der Waals surface area contributed by atoms with Crippen molar-refractivity contribution >= 4 is 0 Å². The predicted molar refractivity (Wildman–Crippen MR) is 36.1 cm³/mol. The number of aliphatic hydroxyl groups is 1. The molecule has 60 valence electrons. The van der Waals surface area contributed by atoms with Crippen LogP contribution in [0.2, 0.25) is 0 Å². The summed E-state index contributed by atoms with van der Waals surface area (Å²) in [4.78, 5) is 9.52. The van der Waals surface area contributed by atoms with E-state index >= 15 is 0 Å². The van der Waals surface area contributed by atoms with Crippen LogP contribution in [0.4, 0.5) is 0 Å². The Balaban J connectivity index is 2.29. The Morgan fingerprint density at radius 2 is 2.40 bits per heavy atom. The van der Waals surface area contributed by atoms with Crippen LogP contribution < -0.4 is 0 Å². The molecule has 1 aliphatic heterocycles. The minimum Gasteiger partial charge on any atom is -0.363 e. The van der Waals surface area contributed by atoms with Crippen molar-refractivity contribution in [1.82, 2.24) is 0 Å². The van der Waals surface area contributed by atoms with Crippen molar-refractivity contribution < 1.29 is 14.9 Å². The van der Waals surface area contributed by atoms with Gasteiger partial charge in [0.1, 0.15) is 0 Å². The minimum atomic E-state index is -1.06. The third-order valence-corrected chi connectivity index (χ3v) is 1.58. The zero-order chi connectivity index (χ0) is 7.61. The molecular weight excluding hydrogens is 132 g/mol. The van der Waals surface area contributed by atoms with Gasteiger partial charge in [0.25, 0.3) is 0 Å². The Labute approximate surface area is 60.9 Å². The first kappa shape index (κ1) is 7.98. The summed E-state index contributed by atoms with van der Waals surface area (Å²) in [5.41, 5.74) is 0. The second-order valence-electron chi connectivity index (χ2n) is 2.97. The molecule has 3 heteroatoms. The van der Waals surface area contributed by atoms with Crippen LogP contribution >= 0.6 is 0 Å². The molecule has 0 aromatic rings. The molecule has 0 amide bonds. The van der Waals surface area contributed by atoms with Crippen molar-refractivity contribution in [3.8, 4) is 0 Å². The number of hydrogen-bond donors (Lipinski definition) is 1. The molecule has 0 aromatic heterocycles. The molecule has 0 bridgehead atoms. The molecule has 2 atom stereocenters. The van der Waals surface area contributed by atoms with E-state index in [0.717, 1.165) is 12.8 Å². The summed E-state index contributed by atoms with van der Waals surface area (Å²) in [6, 6.07) is 0. The molecule has 1 unspecified atom stereocenters. The molecule has 0 aliphatic carbocycles. The highest BCUT2D eigenvalue weighted by molar-refractivity contribution is 4.70. The third-order valence-electron chi connectivity index (χ3n) is 1.58. The van der Waals surface area contributed by atoms with E-state index in [-0.39, 0.29) is 6.10 Å². The minimum absolute atomic E-state index is 0.0833. The van der Waals surface area contributed by atoms with Crippen molar-refractivity contribution in [3.05, 3.63) is 0 Å². The first-order chi connectivity index (χ1) is 4.64. The maximum atomic E-state index is 9.24. The Morgan fingerprint density at radius 1 is 1.70 bits per heavy atom. The Kier molecular flexibility index (Phi) is 2.28. The lowest BCUT2D eigenvalue weighted by molar-refractivity contribution is -0.372. The van der Waals surface area contributed by atoms with Gasteiger partial charge in [-0.2, -0.15) is 0 Å². The summed E-state index contributed by atoms with van der Waals surface area (Å²) >= 11 is 0. The summed E-state index contributed by atoms with van der Waals surface area (Å²) in [5, 5.41) is 9.24. The lowest BCUT2D eigenvalue weighted by atomic mass is 10.1. The molecule has 1 saturated heterocycles. The molecule has 1 fully saturated rings. The van der Waals surface area contributed by atoms with Crippen molar-refractivity contribution in [2.75, 3.05) is 0 Å². The molecule has 1 aliphatic rings. The second-order valence-corrected chi connectivity index (χ2v) is 2.97. The molecule has 0 aromatic carbocycles. The topological polar surface area (TPSA) is 38.7 Å². The fraction of sp³-hybridized carbons (Fsp3) is 1.00. The Morgan fingerprint density at radius 3 is 2.80 bits per heavy atom. The van der Waals surface area contributed by atoms with E-state index in [1.54, 1.807) is 6.92 Å². The number of hydrogen-bond acceptors (Lipinski definition) is 3. The normalized spacial score (nSPS) is 40.5. The van der Waals surface area contributed by atoms with Gasteiger partial charge in [-0.15, -0.1) is 0 Å². The standard InChI is InChI=1S/C7H14O3/c1-3-4-6-5-7(2,8)10-9-6/h6,8H,3-5H2,1-2H3/t6-,7?/m1/s1. The van der Waals surface area contributed by atoms with E-state index in [1.165, 1.54) is 0 Å². The molecule has 0 radical (unpaired) electrons. The SMILES string of the molecule is CCC[C@@H]1CC(C)(O)OO1. The average molecular weight is 146 g/mol. The van der Waals surface area contributed by atoms with Gasteiger partial charge in [0.15, 0.2) is 5.79 Å². The van der Waals surface area contributed by atoms with Gasteiger partial charge in [-0.3, -0.25) is 0 Å². The Hall–Kier alpha value is -0.120. The average Bonchev–Trinajstić information content (AvgIpc) is 2.12. The zero-order valence-electron chi connectivity index (χ0n) is 6.46. The highest BCUT2D eigenvalue weighted by Crippen LogP contribution is 2.27. The molecule has 10 heavy (non-hydrogen) atoms. The zero-order valence-corrected chi connectivity index (χ0v) is 6.46. The van der Waals surface area contributed by atoms with Gasteiger partial charge in [-0.1, -0.05) is 13.3 Å². The van der Waals surface area contributed by atoms with Gasteiger partial charge < -0.3 is 5.11 Å². The van der Waals surface area contributed by atoms with Crippen molar-refractivity contribution in [2.45, 2.75) is 45.0 Å². The molecule has 3 nitrogen and oxygen atoms in total. The van der Waals surface area contributed by atoms with Gasteiger partial charge in [-0.25, -0.2) is 9.78 Å². The van der Waals surface area contributed by atoms with Crippen LogP contribution in [0.15, 0.2) is 0 Å². The molecule has 1 rings (SSSR count). The van der Waals surface area contributed by atoms with Crippen molar-refractivity contribution in [1.29, 1.82) is 0 Å². The maximum absolute atomic E-state index is 9.24. The first-order valence-corrected chi connectivity index (χ1v) is 3.71. The van der Waals surface area contributed by atoms with Crippen LogP contribution in [-0.4, -0.2) is 17.0 Å². The fourth-order valence-electron chi connectivity index (χ4n) is 1.13. The van der Waals surface area contributed by atoms with Crippen LogP contribution in [0.25, 0.3) is 0 Å². The molecule has 0 spiro atoms. The van der Waals surface area contributed by atoms with Crippen molar-refractivity contribution in [3.63, 3.8) is 0 Å². The monoisotopic (exact) mass is 146 g/mol. The molecular formula is C7H14O3. The number of rotatable bonds is 2. The summed E-state index contributed by atoms with van der Waals surface area (Å²) in [5.74, 6) is -1.06. The van der Waals surface area contributed by atoms with E-state index in [2.05, 4.69) is 11.8 Å². The maximum Gasteiger partial charge on any atom is 0.198 e. The van der Waals surface area contributed by atoms with Gasteiger partial charge >= 0.3 is 0 Å². The van der Waals surface area contributed by atoms with Gasteiger partial charge in [0.2, 0.25) is 0 Å². The van der Waals surface area contributed by atoms with Gasteiger partial charge in [0.05, 0.1) is 6.10 Å². The van der Waals surface area contributed by atoms with E-state index < -0.39 is 5.79 Å². The largest absolute Gasteiger partial charge is 0.363 e. The lowest BCUT2D eigenvalue weighted by Gasteiger charge is -2.09. The predicted octanol–water partition coefficient (Wildman–Crippen LogP) is 1.22. The summed E-state index contributed by atoms with van der Waals surface area (Å²) in [6.07, 6.45) is 2.68. The molecule has 1 heterocycles. The van der Waals surface area contributed by atoms with Crippen molar-refractivity contribution in [2.24, 2.45) is 0 Å². The van der Waals surface area contributed by atoms with E-state index in [0.29, 0.717) is 6.42 Å². The highest BCUT2D eigenvalue weighted by atomic mass is 17.2. The van der Waals surface area contributed by atoms with Crippen LogP contribution in [0.3, 0.4) is 0 Å².